The predicted molar refractivity (Wildman–Crippen MR) is 69.0 cm³/mol. The monoisotopic (exact) mass is 256 g/mol. The van der Waals surface area contributed by atoms with E-state index in [1.54, 1.807) is 0 Å². The first-order valence-electron chi connectivity index (χ1n) is 6.62. The summed E-state index contributed by atoms with van der Waals surface area (Å²) >= 11 is 0. The van der Waals surface area contributed by atoms with Gasteiger partial charge in [-0.1, -0.05) is 13.8 Å². The second kappa shape index (κ2) is 7.36. The van der Waals surface area contributed by atoms with Crippen LogP contribution in [-0.2, 0) is 14.3 Å². The van der Waals surface area contributed by atoms with Gasteiger partial charge < -0.3 is 15.4 Å². The second-order valence-corrected chi connectivity index (χ2v) is 5.24. The van der Waals surface area contributed by atoms with Gasteiger partial charge in [0.2, 0.25) is 5.91 Å². The van der Waals surface area contributed by atoms with E-state index >= 15 is 0 Å². The Labute approximate surface area is 109 Å². The summed E-state index contributed by atoms with van der Waals surface area (Å²) in [6, 6.07) is -0.243. The van der Waals surface area contributed by atoms with E-state index in [1.165, 1.54) is 7.11 Å². The Morgan fingerprint density at radius 2 is 2.00 bits per heavy atom. The van der Waals surface area contributed by atoms with Crippen molar-refractivity contribution in [2.45, 2.75) is 39.2 Å². The summed E-state index contributed by atoms with van der Waals surface area (Å²) in [5.41, 5.74) is 0. The largest absolute Gasteiger partial charge is 0.468 e. The highest BCUT2D eigenvalue weighted by molar-refractivity contribution is 5.77. The highest BCUT2D eigenvalue weighted by Gasteiger charge is 2.36. The fourth-order valence-electron chi connectivity index (χ4n) is 1.75. The lowest BCUT2D eigenvalue weighted by Gasteiger charge is -2.15. The smallest absolute Gasteiger partial charge is 0.323 e. The summed E-state index contributed by atoms with van der Waals surface area (Å²) in [6.45, 7) is 5.32. The Kier molecular flexibility index (Phi) is 6.12. The maximum Gasteiger partial charge on any atom is 0.323 e. The number of methoxy groups -OCH3 is 1. The molecule has 0 spiro atoms. The van der Waals surface area contributed by atoms with Crippen LogP contribution in [0.15, 0.2) is 0 Å². The van der Waals surface area contributed by atoms with E-state index in [2.05, 4.69) is 24.5 Å². The van der Waals surface area contributed by atoms with Crippen molar-refractivity contribution in [3.05, 3.63) is 0 Å². The van der Waals surface area contributed by atoms with Gasteiger partial charge in [0.1, 0.15) is 6.04 Å². The lowest BCUT2D eigenvalue weighted by atomic mass is 10.2. The number of ether oxygens (including phenoxy) is 1. The van der Waals surface area contributed by atoms with Crippen LogP contribution >= 0.6 is 0 Å². The third-order valence-electron chi connectivity index (χ3n) is 2.97. The zero-order valence-corrected chi connectivity index (χ0v) is 11.5. The van der Waals surface area contributed by atoms with Crippen LogP contribution in [0.1, 0.15) is 33.1 Å². The first kappa shape index (κ1) is 15.0. The summed E-state index contributed by atoms with van der Waals surface area (Å²) < 4.78 is 4.75. The molecule has 0 aromatic rings. The summed E-state index contributed by atoms with van der Waals surface area (Å²) in [6.07, 6.45) is 2.52. The molecule has 0 bridgehead atoms. The van der Waals surface area contributed by atoms with Crippen LogP contribution < -0.4 is 10.6 Å². The molecular formula is C13H24N2O3. The number of hydrogen-bond donors (Lipinski definition) is 2. The maximum absolute atomic E-state index is 11.5. The normalized spacial score (nSPS) is 16.4. The molecule has 1 atom stereocenters. The molecule has 0 saturated heterocycles. The van der Waals surface area contributed by atoms with Crippen molar-refractivity contribution in [1.29, 1.82) is 0 Å². The highest BCUT2D eigenvalue weighted by Crippen LogP contribution is 2.33. The molecule has 5 heteroatoms. The van der Waals surface area contributed by atoms with Crippen LogP contribution in [0.25, 0.3) is 0 Å². The first-order chi connectivity index (χ1) is 8.54. The summed E-state index contributed by atoms with van der Waals surface area (Å²) in [4.78, 5) is 23.0. The number of hydrogen-bond acceptors (Lipinski definition) is 4. The first-order valence-corrected chi connectivity index (χ1v) is 6.62. The Morgan fingerprint density at radius 3 is 2.50 bits per heavy atom. The Bertz CT molecular complexity index is 288. The minimum Gasteiger partial charge on any atom is -0.468 e. The fourth-order valence-corrected chi connectivity index (χ4v) is 1.75. The molecule has 0 aliphatic heterocycles. The van der Waals surface area contributed by atoms with E-state index < -0.39 is 0 Å². The van der Waals surface area contributed by atoms with Crippen LogP contribution in [0, 0.1) is 11.8 Å². The fraction of sp³-hybridized carbons (Fsp3) is 0.846. The molecule has 104 valence electrons. The molecule has 5 nitrogen and oxygen atoms in total. The molecule has 1 unspecified atom stereocenters. The number of carbonyl (C=O) groups excluding carboxylic acids is 2. The van der Waals surface area contributed by atoms with Crippen molar-refractivity contribution in [3.63, 3.8) is 0 Å². The summed E-state index contributed by atoms with van der Waals surface area (Å²) in [7, 11) is 1.40. The van der Waals surface area contributed by atoms with Gasteiger partial charge in [0.25, 0.3) is 0 Å². The van der Waals surface area contributed by atoms with Crippen molar-refractivity contribution in [3.8, 4) is 0 Å². The van der Waals surface area contributed by atoms with Crippen molar-refractivity contribution >= 4 is 11.9 Å². The van der Waals surface area contributed by atoms with E-state index in [0.717, 1.165) is 12.8 Å². The van der Waals surface area contributed by atoms with Crippen molar-refractivity contribution < 1.29 is 14.3 Å². The van der Waals surface area contributed by atoms with Gasteiger partial charge in [-0.2, -0.15) is 0 Å². The van der Waals surface area contributed by atoms with E-state index in [0.29, 0.717) is 31.3 Å². The molecule has 18 heavy (non-hydrogen) atoms. The van der Waals surface area contributed by atoms with E-state index in [-0.39, 0.29) is 17.9 Å². The number of nitrogens with one attached hydrogen (secondary N) is 2. The maximum atomic E-state index is 11.5. The molecule has 1 aliphatic rings. The molecule has 1 amide bonds. The summed E-state index contributed by atoms with van der Waals surface area (Å²) in [5.74, 6) is 0.642. The predicted octanol–water partition coefficient (Wildman–Crippen LogP) is 0.690. The van der Waals surface area contributed by atoms with Gasteiger partial charge in [-0.3, -0.25) is 9.59 Å². The molecule has 0 radical (unpaired) electrons. The minimum atomic E-state index is -0.243. The van der Waals surface area contributed by atoms with Gasteiger partial charge in [-0.05, 0) is 24.7 Å². The molecule has 2 N–H and O–H groups in total. The molecule has 0 aromatic heterocycles. The van der Waals surface area contributed by atoms with Crippen LogP contribution in [0.4, 0.5) is 0 Å². The SMILES string of the molecule is COC(=O)C(NCCC(=O)NCC(C)C)C1CC1. The van der Waals surface area contributed by atoms with Crippen LogP contribution in [0.2, 0.25) is 0 Å². The minimum absolute atomic E-state index is 0.0237. The third-order valence-corrected chi connectivity index (χ3v) is 2.97. The number of amides is 1. The lowest BCUT2D eigenvalue weighted by molar-refractivity contribution is -0.143. The van der Waals surface area contributed by atoms with Gasteiger partial charge >= 0.3 is 5.97 Å². The lowest BCUT2D eigenvalue weighted by Crippen LogP contribution is -2.41. The van der Waals surface area contributed by atoms with Gasteiger partial charge in [0.15, 0.2) is 0 Å². The van der Waals surface area contributed by atoms with Crippen LogP contribution in [0.5, 0.6) is 0 Å². The zero-order valence-electron chi connectivity index (χ0n) is 11.5. The Hall–Kier alpha value is -1.10. The highest BCUT2D eigenvalue weighted by atomic mass is 16.5. The number of esters is 1. The van der Waals surface area contributed by atoms with Gasteiger partial charge in [-0.15, -0.1) is 0 Å². The van der Waals surface area contributed by atoms with Crippen LogP contribution in [-0.4, -0.2) is 38.1 Å². The van der Waals surface area contributed by atoms with Crippen molar-refractivity contribution in [2.24, 2.45) is 11.8 Å². The van der Waals surface area contributed by atoms with Crippen LogP contribution in [0.3, 0.4) is 0 Å². The van der Waals surface area contributed by atoms with Gasteiger partial charge in [-0.25, -0.2) is 0 Å². The molecule has 1 saturated carbocycles. The van der Waals surface area contributed by atoms with Crippen molar-refractivity contribution in [2.75, 3.05) is 20.2 Å². The molecule has 1 fully saturated rings. The Balaban J connectivity index is 2.18. The molecule has 0 heterocycles. The molecular weight excluding hydrogens is 232 g/mol. The van der Waals surface area contributed by atoms with Crippen molar-refractivity contribution in [1.82, 2.24) is 10.6 Å². The average Bonchev–Trinajstić information content (AvgIpc) is 3.15. The average molecular weight is 256 g/mol. The van der Waals surface area contributed by atoms with E-state index in [4.69, 9.17) is 4.74 Å². The van der Waals surface area contributed by atoms with E-state index in [1.807, 2.05) is 0 Å². The standard InChI is InChI=1S/C13H24N2O3/c1-9(2)8-15-11(16)6-7-14-12(10-4-5-10)13(17)18-3/h9-10,12,14H,4-8H2,1-3H3,(H,15,16). The molecule has 0 aromatic carbocycles. The third kappa shape index (κ3) is 5.49. The quantitative estimate of drug-likeness (QED) is 0.627. The number of carbonyl (C=O) groups is 2. The van der Waals surface area contributed by atoms with Gasteiger partial charge in [0, 0.05) is 19.5 Å². The molecule has 1 aliphatic carbocycles. The van der Waals surface area contributed by atoms with Gasteiger partial charge in [0.05, 0.1) is 7.11 Å². The molecule has 1 rings (SSSR count). The zero-order chi connectivity index (χ0) is 13.5. The Morgan fingerprint density at radius 1 is 1.33 bits per heavy atom. The van der Waals surface area contributed by atoms with E-state index in [9.17, 15) is 9.59 Å². The number of rotatable bonds is 8. The second-order valence-electron chi connectivity index (χ2n) is 5.24. The topological polar surface area (TPSA) is 67.4 Å². The summed E-state index contributed by atoms with van der Waals surface area (Å²) in [5, 5.41) is 5.96.